The molecule has 1 rings (SSSR count). The summed E-state index contributed by atoms with van der Waals surface area (Å²) in [6.07, 6.45) is 0.892. The number of carbonyl (C=O) groups is 1. The van der Waals surface area contributed by atoms with Crippen molar-refractivity contribution < 1.29 is 9.53 Å². The Morgan fingerprint density at radius 3 is 2.78 bits per heavy atom. The van der Waals surface area contributed by atoms with E-state index in [9.17, 15) is 4.79 Å². The molecule has 0 unspecified atom stereocenters. The van der Waals surface area contributed by atoms with Gasteiger partial charge < -0.3 is 4.74 Å². The predicted molar refractivity (Wildman–Crippen MR) is 74.8 cm³/mol. The van der Waals surface area contributed by atoms with Gasteiger partial charge in [0, 0.05) is 30.8 Å². The lowest BCUT2D eigenvalue weighted by Gasteiger charge is -2.15. The minimum Gasteiger partial charge on any atom is -0.385 e. The van der Waals surface area contributed by atoms with Gasteiger partial charge in [0.1, 0.15) is 0 Å². The van der Waals surface area contributed by atoms with Crippen LogP contribution in [-0.4, -0.2) is 44.5 Å². The quantitative estimate of drug-likeness (QED) is 0.570. The Morgan fingerprint density at radius 1 is 1.39 bits per heavy atom. The molecule has 0 fully saturated rings. The first-order valence-electron chi connectivity index (χ1n) is 5.70. The lowest BCUT2D eigenvalue weighted by molar-refractivity contribution is 0.0939. The van der Waals surface area contributed by atoms with Gasteiger partial charge in [0.05, 0.1) is 11.6 Å². The topological polar surface area (TPSA) is 29.5 Å². The van der Waals surface area contributed by atoms with Crippen LogP contribution in [0, 0.1) is 0 Å². The van der Waals surface area contributed by atoms with Crippen molar-refractivity contribution in [2.45, 2.75) is 6.42 Å². The minimum absolute atomic E-state index is 0.0255. The number of likely N-dealkylation sites (N-methyl/N-ethyl adjacent to an activating group) is 1. The predicted octanol–water partition coefficient (Wildman–Crippen LogP) is 3.14. The first-order chi connectivity index (χ1) is 8.54. The number of hydrogen-bond acceptors (Lipinski definition) is 3. The maximum atomic E-state index is 12.0. The van der Waals surface area contributed by atoms with Crippen LogP contribution in [0.3, 0.4) is 0 Å². The molecule has 100 valence electrons. The number of rotatable bonds is 7. The van der Waals surface area contributed by atoms with Crippen LogP contribution in [-0.2, 0) is 4.74 Å². The summed E-state index contributed by atoms with van der Waals surface area (Å²) in [6.45, 7) is 1.82. The van der Waals surface area contributed by atoms with Crippen molar-refractivity contribution in [1.29, 1.82) is 0 Å². The fourth-order valence-electron chi connectivity index (χ4n) is 1.60. The number of Topliss-reactive ketones (excluding diaryl/α,β-unsaturated/α-hetero) is 1. The second kappa shape index (κ2) is 7.74. The molecule has 0 radical (unpaired) electrons. The molecule has 0 bridgehead atoms. The van der Waals surface area contributed by atoms with Gasteiger partial charge in [-0.05, 0) is 31.7 Å². The summed E-state index contributed by atoms with van der Waals surface area (Å²) >= 11 is 11.8. The third-order valence-electron chi connectivity index (χ3n) is 2.53. The molecule has 0 saturated heterocycles. The second-order valence-electron chi connectivity index (χ2n) is 4.13. The number of carbonyl (C=O) groups excluding carboxylic acids is 1. The average Bonchev–Trinajstić information content (AvgIpc) is 2.32. The second-order valence-corrected chi connectivity index (χ2v) is 4.98. The first-order valence-corrected chi connectivity index (χ1v) is 6.46. The first kappa shape index (κ1) is 15.4. The molecule has 0 aliphatic heterocycles. The summed E-state index contributed by atoms with van der Waals surface area (Å²) < 4.78 is 4.97. The molecule has 5 heteroatoms. The zero-order valence-corrected chi connectivity index (χ0v) is 12.1. The van der Waals surface area contributed by atoms with Gasteiger partial charge in [-0.2, -0.15) is 0 Å². The molecule has 0 heterocycles. The molecule has 0 aliphatic carbocycles. The lowest BCUT2D eigenvalue weighted by atomic mass is 10.1. The fourth-order valence-corrected chi connectivity index (χ4v) is 1.99. The van der Waals surface area contributed by atoms with Crippen LogP contribution >= 0.6 is 23.2 Å². The van der Waals surface area contributed by atoms with E-state index in [0.717, 1.165) is 13.0 Å². The number of benzene rings is 1. The largest absolute Gasteiger partial charge is 0.385 e. The monoisotopic (exact) mass is 289 g/mol. The summed E-state index contributed by atoms with van der Waals surface area (Å²) in [6, 6.07) is 4.92. The van der Waals surface area contributed by atoms with E-state index < -0.39 is 0 Å². The van der Waals surface area contributed by atoms with Gasteiger partial charge in [0.25, 0.3) is 0 Å². The number of nitrogens with zero attached hydrogens (tertiary/aromatic N) is 1. The zero-order valence-electron chi connectivity index (χ0n) is 10.6. The van der Waals surface area contributed by atoms with Gasteiger partial charge in [-0.3, -0.25) is 9.69 Å². The maximum Gasteiger partial charge on any atom is 0.178 e. The average molecular weight is 290 g/mol. The highest BCUT2D eigenvalue weighted by Gasteiger charge is 2.13. The fraction of sp³-hybridized carbons (Fsp3) is 0.462. The molecule has 0 amide bonds. The number of methoxy groups -OCH3 is 1. The SMILES string of the molecule is COCCCN(C)CC(=O)c1cc(Cl)ccc1Cl. The highest BCUT2D eigenvalue weighted by atomic mass is 35.5. The van der Waals surface area contributed by atoms with Gasteiger partial charge in [-0.25, -0.2) is 0 Å². The number of ketones is 1. The van der Waals surface area contributed by atoms with Gasteiger partial charge >= 0.3 is 0 Å². The van der Waals surface area contributed by atoms with Crippen LogP contribution in [0.2, 0.25) is 10.0 Å². The van der Waals surface area contributed by atoms with Crippen LogP contribution in [0.15, 0.2) is 18.2 Å². The molecule has 0 N–H and O–H groups in total. The van der Waals surface area contributed by atoms with Crippen molar-refractivity contribution in [2.75, 3.05) is 33.9 Å². The number of hydrogen-bond donors (Lipinski definition) is 0. The van der Waals surface area contributed by atoms with E-state index in [1.54, 1.807) is 25.3 Å². The highest BCUT2D eigenvalue weighted by Crippen LogP contribution is 2.21. The Morgan fingerprint density at radius 2 is 2.11 bits per heavy atom. The Labute approximate surface area is 118 Å². The summed E-state index contributed by atoms with van der Waals surface area (Å²) in [5.41, 5.74) is 0.475. The Kier molecular flexibility index (Phi) is 6.65. The van der Waals surface area contributed by atoms with E-state index in [1.807, 2.05) is 11.9 Å². The summed E-state index contributed by atoms with van der Waals surface area (Å²) in [7, 11) is 3.56. The van der Waals surface area contributed by atoms with Crippen molar-refractivity contribution in [3.8, 4) is 0 Å². The molecule has 0 spiro atoms. The smallest absolute Gasteiger partial charge is 0.178 e. The van der Waals surface area contributed by atoms with Crippen molar-refractivity contribution >= 4 is 29.0 Å². The van der Waals surface area contributed by atoms with Gasteiger partial charge in [-0.15, -0.1) is 0 Å². The normalized spacial score (nSPS) is 10.9. The van der Waals surface area contributed by atoms with Crippen LogP contribution in [0.4, 0.5) is 0 Å². The minimum atomic E-state index is -0.0255. The van der Waals surface area contributed by atoms with E-state index in [1.165, 1.54) is 0 Å². The highest BCUT2D eigenvalue weighted by molar-refractivity contribution is 6.36. The van der Waals surface area contributed by atoms with Crippen LogP contribution in [0.25, 0.3) is 0 Å². The third kappa shape index (κ3) is 4.94. The Bertz CT molecular complexity index is 410. The molecule has 0 saturated carbocycles. The molecule has 0 atom stereocenters. The van der Waals surface area contributed by atoms with Gasteiger partial charge in [0.15, 0.2) is 5.78 Å². The van der Waals surface area contributed by atoms with Crippen molar-refractivity contribution in [1.82, 2.24) is 4.90 Å². The molecule has 1 aromatic rings. The molecular weight excluding hydrogens is 273 g/mol. The molecule has 3 nitrogen and oxygen atoms in total. The van der Waals surface area contributed by atoms with Crippen LogP contribution in [0.5, 0.6) is 0 Å². The van der Waals surface area contributed by atoms with E-state index in [-0.39, 0.29) is 5.78 Å². The van der Waals surface area contributed by atoms with Crippen molar-refractivity contribution in [3.05, 3.63) is 33.8 Å². The van der Waals surface area contributed by atoms with Crippen molar-refractivity contribution in [3.63, 3.8) is 0 Å². The molecular formula is C13H17Cl2NO2. The zero-order chi connectivity index (χ0) is 13.5. The summed E-state index contributed by atoms with van der Waals surface area (Å²) in [5, 5.41) is 0.958. The standard InChI is InChI=1S/C13H17Cl2NO2/c1-16(6-3-7-18-2)9-13(17)11-8-10(14)4-5-12(11)15/h4-5,8H,3,6-7,9H2,1-2H3. The third-order valence-corrected chi connectivity index (χ3v) is 3.10. The van der Waals surface area contributed by atoms with Gasteiger partial charge in [0.2, 0.25) is 0 Å². The summed E-state index contributed by atoms with van der Waals surface area (Å²) in [5.74, 6) is -0.0255. The molecule has 18 heavy (non-hydrogen) atoms. The van der Waals surface area contributed by atoms with Crippen LogP contribution < -0.4 is 0 Å². The van der Waals surface area contributed by atoms with E-state index in [0.29, 0.717) is 28.8 Å². The van der Waals surface area contributed by atoms with E-state index >= 15 is 0 Å². The molecule has 1 aromatic carbocycles. The van der Waals surface area contributed by atoms with Crippen molar-refractivity contribution in [2.24, 2.45) is 0 Å². The number of halogens is 2. The van der Waals surface area contributed by atoms with Crippen LogP contribution in [0.1, 0.15) is 16.8 Å². The molecule has 0 aromatic heterocycles. The van der Waals surface area contributed by atoms with E-state index in [4.69, 9.17) is 27.9 Å². The summed E-state index contributed by atoms with van der Waals surface area (Å²) in [4.78, 5) is 14.0. The van der Waals surface area contributed by atoms with E-state index in [2.05, 4.69) is 0 Å². The molecule has 0 aliphatic rings. The lowest BCUT2D eigenvalue weighted by Crippen LogP contribution is -2.27. The van der Waals surface area contributed by atoms with Gasteiger partial charge in [-0.1, -0.05) is 23.2 Å². The maximum absolute atomic E-state index is 12.0. The Hall–Kier alpha value is -0.610. The Balaban J connectivity index is 2.56. The number of ether oxygens (including phenoxy) is 1.